The second kappa shape index (κ2) is 6.69. The monoisotopic (exact) mass is 424 g/mol. The molecule has 2 N–H and O–H groups in total. The van der Waals surface area contributed by atoms with Crippen molar-refractivity contribution in [3.05, 3.63) is 70.9 Å². The van der Waals surface area contributed by atoms with E-state index in [9.17, 15) is 14.9 Å². The summed E-state index contributed by atoms with van der Waals surface area (Å²) in [6.45, 7) is 0. The van der Waals surface area contributed by atoms with Crippen LogP contribution in [0.25, 0.3) is 16.6 Å². The number of nitro groups is 1. The van der Waals surface area contributed by atoms with Gasteiger partial charge in [-0.05, 0) is 0 Å². The van der Waals surface area contributed by atoms with Gasteiger partial charge in [0.2, 0.25) is 0 Å². The van der Waals surface area contributed by atoms with Crippen LogP contribution in [0.15, 0.2) is 55.2 Å². The molecule has 0 fully saturated rings. The fourth-order valence-electron chi connectivity index (χ4n) is 2.76. The Morgan fingerprint density at radius 3 is 2.89 bits per heavy atom. The van der Waals surface area contributed by atoms with Crippen molar-refractivity contribution in [1.29, 1.82) is 0 Å². The van der Waals surface area contributed by atoms with Crippen molar-refractivity contribution in [2.75, 3.05) is 5.32 Å². The van der Waals surface area contributed by atoms with Crippen molar-refractivity contribution in [1.82, 2.24) is 19.7 Å². The molecule has 10 heteroatoms. The first-order chi connectivity index (χ1) is 13.0. The summed E-state index contributed by atoms with van der Waals surface area (Å²) < 4.78 is 2.17. The molecule has 1 amide bonds. The Balaban J connectivity index is 1.77. The Morgan fingerprint density at radius 1 is 1.30 bits per heavy atom. The predicted molar refractivity (Wildman–Crippen MR) is 102 cm³/mol. The van der Waals surface area contributed by atoms with Crippen molar-refractivity contribution in [2.45, 2.75) is 0 Å². The zero-order valence-corrected chi connectivity index (χ0v) is 16.2. The van der Waals surface area contributed by atoms with Gasteiger partial charge in [-0.1, -0.05) is 0 Å². The number of rotatable bonds is 4. The third-order valence-electron chi connectivity index (χ3n) is 4.07. The van der Waals surface area contributed by atoms with Crippen LogP contribution in [0.4, 0.5) is 11.4 Å². The van der Waals surface area contributed by atoms with Crippen LogP contribution in [0.2, 0.25) is 0 Å². The van der Waals surface area contributed by atoms with E-state index in [-0.39, 0.29) is 11.3 Å². The number of amides is 1. The number of carbonyl (C=O) groups excluding carboxylic acids is 1. The molecular weight excluding hydrogens is 411 g/mol. The Kier molecular flexibility index (Phi) is 4.21. The van der Waals surface area contributed by atoms with Crippen molar-refractivity contribution in [3.8, 4) is 5.69 Å². The molecule has 0 aliphatic rings. The van der Waals surface area contributed by atoms with E-state index in [0.717, 1.165) is 27.8 Å². The number of nitrogens with one attached hydrogen (secondary N) is 2. The molecule has 2 aromatic carbocycles. The van der Waals surface area contributed by atoms with Gasteiger partial charge in [-0.15, -0.1) is 0 Å². The average molecular weight is 424 g/mol. The van der Waals surface area contributed by atoms with Gasteiger partial charge in [0.25, 0.3) is 0 Å². The number of nitro benzene ring substituents is 1. The van der Waals surface area contributed by atoms with E-state index < -0.39 is 10.8 Å². The molecule has 2 aromatic heterocycles. The first-order valence-corrected chi connectivity index (χ1v) is 9.05. The number of carbonyl (C=O) groups is 1. The predicted octanol–water partition coefficient (Wildman–Crippen LogP) is 1.17. The SMILES string of the molecule is O=C(Nc1ccc2cn[nH]c2c1)c1cc([N+](=O)[O-])c([AsH2])cc1-n1ccnc1. The number of benzene rings is 2. The zero-order valence-electron chi connectivity index (χ0n) is 13.8. The minimum atomic E-state index is -0.484. The molecule has 0 aliphatic heterocycles. The Morgan fingerprint density at radius 2 is 2.15 bits per heavy atom. The summed E-state index contributed by atoms with van der Waals surface area (Å²) in [6, 6.07) is 8.26. The zero-order chi connectivity index (χ0) is 19.0. The van der Waals surface area contributed by atoms with Crippen LogP contribution in [0.3, 0.4) is 0 Å². The molecule has 2 heterocycles. The Hall–Kier alpha value is -3.45. The molecule has 0 aliphatic carbocycles. The molecule has 1 atom stereocenters. The second-order valence-electron chi connectivity index (χ2n) is 5.78. The van der Waals surface area contributed by atoms with Gasteiger partial charge in [0.1, 0.15) is 0 Å². The second-order valence-corrected chi connectivity index (χ2v) is 7.09. The van der Waals surface area contributed by atoms with E-state index in [0.29, 0.717) is 15.7 Å². The summed E-state index contributed by atoms with van der Waals surface area (Å²) >= 11 is 1.11. The summed E-state index contributed by atoms with van der Waals surface area (Å²) in [7, 11) is 0. The van der Waals surface area contributed by atoms with Crippen LogP contribution in [0.1, 0.15) is 10.4 Å². The van der Waals surface area contributed by atoms with E-state index >= 15 is 0 Å². The van der Waals surface area contributed by atoms with Gasteiger partial charge in [-0.2, -0.15) is 0 Å². The van der Waals surface area contributed by atoms with Crippen LogP contribution < -0.4 is 9.67 Å². The van der Waals surface area contributed by atoms with Crippen molar-refractivity contribution >= 4 is 49.4 Å². The van der Waals surface area contributed by atoms with Crippen molar-refractivity contribution < 1.29 is 9.72 Å². The van der Waals surface area contributed by atoms with E-state index in [1.165, 1.54) is 6.07 Å². The standard InChI is InChI=1S/C17H13AsN6O3/c18-13-7-15(23-4-3-19-9-23)12(6-16(13)24(26)27)17(25)21-11-2-1-10-8-20-22-14(10)5-11/h1-9H,18H2,(H,20,22)(H,21,25). The van der Waals surface area contributed by atoms with Gasteiger partial charge in [0.05, 0.1) is 0 Å². The van der Waals surface area contributed by atoms with Gasteiger partial charge in [0, 0.05) is 0 Å². The normalized spacial score (nSPS) is 10.9. The summed E-state index contributed by atoms with van der Waals surface area (Å²) in [4.78, 5) is 27.7. The fourth-order valence-corrected chi connectivity index (χ4v) is 3.49. The van der Waals surface area contributed by atoms with Gasteiger partial charge >= 0.3 is 161 Å². The van der Waals surface area contributed by atoms with Gasteiger partial charge < -0.3 is 0 Å². The molecule has 0 spiro atoms. The summed E-state index contributed by atoms with van der Waals surface area (Å²) in [6.07, 6.45) is 6.49. The average Bonchev–Trinajstić information content (AvgIpc) is 3.32. The van der Waals surface area contributed by atoms with Crippen LogP contribution in [0, 0.1) is 10.1 Å². The van der Waals surface area contributed by atoms with Gasteiger partial charge in [0.15, 0.2) is 0 Å². The number of aromatic amines is 1. The topological polar surface area (TPSA) is 119 Å². The molecule has 1 unspecified atom stereocenters. The number of aromatic nitrogens is 4. The van der Waals surface area contributed by atoms with Gasteiger partial charge in [-0.25, -0.2) is 0 Å². The van der Waals surface area contributed by atoms with E-state index in [1.54, 1.807) is 47.7 Å². The molecular formula is C17H13AsN6O3. The first-order valence-electron chi connectivity index (χ1n) is 7.83. The number of nitrogens with zero attached hydrogens (tertiary/aromatic N) is 4. The van der Waals surface area contributed by atoms with Crippen LogP contribution in [-0.2, 0) is 0 Å². The first kappa shape index (κ1) is 17.0. The number of anilines is 1. The molecule has 9 nitrogen and oxygen atoms in total. The Bertz CT molecular complexity index is 1170. The maximum absolute atomic E-state index is 12.9. The summed E-state index contributed by atoms with van der Waals surface area (Å²) in [5.41, 5.74) is 1.96. The molecule has 4 rings (SSSR count). The van der Waals surface area contributed by atoms with Crippen LogP contribution in [0.5, 0.6) is 0 Å². The molecule has 134 valence electrons. The minimum absolute atomic E-state index is 0.0898. The number of hydrogen-bond acceptors (Lipinski definition) is 5. The number of imidazole rings is 1. The maximum atomic E-state index is 12.9. The number of H-pyrrole nitrogens is 1. The van der Waals surface area contributed by atoms with Gasteiger partial charge in [-0.3, -0.25) is 0 Å². The molecule has 0 saturated carbocycles. The number of fused-ring (bicyclic) bond motifs is 1. The molecule has 27 heavy (non-hydrogen) atoms. The molecule has 4 aromatic rings. The molecule has 0 bridgehead atoms. The van der Waals surface area contributed by atoms with Crippen LogP contribution >= 0.6 is 0 Å². The van der Waals surface area contributed by atoms with E-state index in [4.69, 9.17) is 0 Å². The van der Waals surface area contributed by atoms with E-state index in [2.05, 4.69) is 20.5 Å². The molecule has 0 saturated heterocycles. The third kappa shape index (κ3) is 3.20. The summed E-state index contributed by atoms with van der Waals surface area (Å²) in [5, 5.41) is 21.8. The van der Waals surface area contributed by atoms with Crippen molar-refractivity contribution in [3.63, 3.8) is 0 Å². The Labute approximate surface area is 161 Å². The quantitative estimate of drug-likeness (QED) is 0.290. The summed E-state index contributed by atoms with van der Waals surface area (Å²) in [5.74, 6) is -0.451. The number of hydrogen-bond donors (Lipinski definition) is 2. The van der Waals surface area contributed by atoms with E-state index in [1.807, 2.05) is 6.07 Å². The fraction of sp³-hybridized carbons (Fsp3) is 0. The third-order valence-corrected chi connectivity index (χ3v) is 5.04. The van der Waals surface area contributed by atoms with Crippen LogP contribution in [-0.4, -0.2) is 47.4 Å². The van der Waals surface area contributed by atoms with Crippen molar-refractivity contribution in [2.24, 2.45) is 0 Å². The molecule has 0 radical (unpaired) electrons.